The summed E-state index contributed by atoms with van der Waals surface area (Å²) in [7, 11) is 0. The smallest absolute Gasteiger partial charge is 0.0602 e. The van der Waals surface area contributed by atoms with Crippen LogP contribution < -0.4 is 5.32 Å². The third-order valence-electron chi connectivity index (χ3n) is 3.62. The maximum absolute atomic E-state index is 9.03. The van der Waals surface area contributed by atoms with Crippen molar-refractivity contribution in [2.75, 3.05) is 6.61 Å². The summed E-state index contributed by atoms with van der Waals surface area (Å²) in [6, 6.07) is 0.321. The highest BCUT2D eigenvalue weighted by Crippen LogP contribution is 2.30. The van der Waals surface area contributed by atoms with E-state index in [1.807, 2.05) is 0 Å². The van der Waals surface area contributed by atoms with Crippen molar-refractivity contribution in [3.8, 4) is 0 Å². The Kier molecular flexibility index (Phi) is 5.41. The molecule has 0 aliphatic carbocycles. The Morgan fingerprint density at radius 2 is 1.94 bits per heavy atom. The number of hydrogen-bond acceptors (Lipinski definition) is 2. The quantitative estimate of drug-likeness (QED) is 0.527. The number of rotatable bonds is 7. The standard InChI is InChI=1S/C15H27NO/c1-12(2)7-5-8-13(3)9-6-10-15(4)14(11-17)16-15/h7,9,14,16-17H,5-6,8,10-11H2,1-4H3/b13-9+/t14-,15-/m0/s1. The Balaban J connectivity index is 2.18. The fraction of sp³-hybridized carbons (Fsp3) is 0.733. The minimum Gasteiger partial charge on any atom is -0.395 e. The molecule has 98 valence electrons. The molecule has 1 aliphatic rings. The van der Waals surface area contributed by atoms with E-state index >= 15 is 0 Å². The molecular weight excluding hydrogens is 210 g/mol. The normalized spacial score (nSPS) is 28.1. The van der Waals surface area contributed by atoms with Gasteiger partial charge < -0.3 is 10.4 Å². The maximum Gasteiger partial charge on any atom is 0.0602 e. The number of hydrogen-bond donors (Lipinski definition) is 2. The highest BCUT2D eigenvalue weighted by molar-refractivity contribution is 5.12. The van der Waals surface area contributed by atoms with Gasteiger partial charge in [0.25, 0.3) is 0 Å². The fourth-order valence-corrected chi connectivity index (χ4v) is 2.16. The predicted octanol–water partition coefficient (Wildman–Crippen LogP) is 3.18. The van der Waals surface area contributed by atoms with Crippen molar-refractivity contribution in [2.24, 2.45) is 0 Å². The zero-order chi connectivity index (χ0) is 12.9. The lowest BCUT2D eigenvalue weighted by atomic mass is 10.00. The number of aliphatic hydroxyl groups excluding tert-OH is 1. The van der Waals surface area contributed by atoms with Crippen LogP contribution in [0.15, 0.2) is 23.3 Å². The van der Waals surface area contributed by atoms with Gasteiger partial charge in [-0.05, 0) is 53.4 Å². The van der Waals surface area contributed by atoms with Gasteiger partial charge in [-0.25, -0.2) is 0 Å². The van der Waals surface area contributed by atoms with Gasteiger partial charge in [0.15, 0.2) is 0 Å². The molecule has 2 atom stereocenters. The summed E-state index contributed by atoms with van der Waals surface area (Å²) < 4.78 is 0. The Bertz CT molecular complexity index is 302. The van der Waals surface area contributed by atoms with Crippen molar-refractivity contribution in [1.82, 2.24) is 5.32 Å². The molecule has 0 aromatic rings. The SMILES string of the molecule is CC(C)=CCC/C(C)=C/CC[C@]1(C)N[C@H]1CO. The maximum atomic E-state index is 9.03. The minimum absolute atomic E-state index is 0.186. The minimum atomic E-state index is 0.186. The predicted molar refractivity (Wildman–Crippen MR) is 74.1 cm³/mol. The molecule has 0 spiro atoms. The van der Waals surface area contributed by atoms with E-state index in [2.05, 4.69) is 45.2 Å². The first kappa shape index (κ1) is 14.5. The van der Waals surface area contributed by atoms with Gasteiger partial charge in [0.1, 0.15) is 0 Å². The van der Waals surface area contributed by atoms with Gasteiger partial charge in [-0.2, -0.15) is 0 Å². The molecule has 1 heterocycles. The van der Waals surface area contributed by atoms with Crippen LogP contribution in [0.25, 0.3) is 0 Å². The van der Waals surface area contributed by atoms with Crippen molar-refractivity contribution < 1.29 is 5.11 Å². The molecule has 1 rings (SSSR count). The van der Waals surface area contributed by atoms with Gasteiger partial charge in [0.2, 0.25) is 0 Å². The lowest BCUT2D eigenvalue weighted by Gasteiger charge is -2.06. The molecule has 0 aromatic carbocycles. The van der Waals surface area contributed by atoms with Crippen LogP contribution in [-0.4, -0.2) is 23.3 Å². The van der Waals surface area contributed by atoms with Crippen LogP contribution in [0.5, 0.6) is 0 Å². The molecule has 0 amide bonds. The number of aliphatic hydroxyl groups is 1. The zero-order valence-corrected chi connectivity index (χ0v) is 11.7. The third kappa shape index (κ3) is 5.05. The lowest BCUT2D eigenvalue weighted by molar-refractivity contribution is 0.288. The first-order chi connectivity index (χ1) is 7.98. The van der Waals surface area contributed by atoms with E-state index in [1.54, 1.807) is 0 Å². The fourth-order valence-electron chi connectivity index (χ4n) is 2.16. The lowest BCUT2D eigenvalue weighted by Crippen LogP contribution is -2.12. The first-order valence-electron chi connectivity index (χ1n) is 6.65. The van der Waals surface area contributed by atoms with E-state index in [4.69, 9.17) is 5.11 Å². The molecule has 0 radical (unpaired) electrons. The van der Waals surface area contributed by atoms with E-state index in [1.165, 1.54) is 17.6 Å². The molecule has 17 heavy (non-hydrogen) atoms. The second-order valence-corrected chi connectivity index (χ2v) is 5.71. The molecular formula is C15H27NO. The van der Waals surface area contributed by atoms with Crippen molar-refractivity contribution in [2.45, 2.75) is 65.0 Å². The molecule has 0 unspecified atom stereocenters. The largest absolute Gasteiger partial charge is 0.395 e. The third-order valence-corrected chi connectivity index (χ3v) is 3.62. The average molecular weight is 237 g/mol. The van der Waals surface area contributed by atoms with E-state index in [-0.39, 0.29) is 12.1 Å². The Morgan fingerprint density at radius 1 is 1.24 bits per heavy atom. The summed E-state index contributed by atoms with van der Waals surface area (Å²) in [5.41, 5.74) is 3.07. The van der Waals surface area contributed by atoms with Crippen LogP contribution >= 0.6 is 0 Å². The molecule has 0 bridgehead atoms. The summed E-state index contributed by atoms with van der Waals surface area (Å²) in [5, 5.41) is 12.4. The molecule has 0 aromatic heterocycles. The molecule has 1 aliphatic heterocycles. The summed E-state index contributed by atoms with van der Waals surface area (Å²) in [6.45, 7) is 8.96. The van der Waals surface area contributed by atoms with Gasteiger partial charge in [0.05, 0.1) is 6.61 Å². The van der Waals surface area contributed by atoms with Crippen LogP contribution in [0.4, 0.5) is 0 Å². The molecule has 0 saturated carbocycles. The van der Waals surface area contributed by atoms with Gasteiger partial charge in [-0.1, -0.05) is 23.3 Å². The van der Waals surface area contributed by atoms with Crippen LogP contribution in [0.1, 0.15) is 53.4 Å². The highest BCUT2D eigenvalue weighted by Gasteiger charge is 2.47. The topological polar surface area (TPSA) is 42.2 Å². The summed E-state index contributed by atoms with van der Waals surface area (Å²) in [4.78, 5) is 0. The van der Waals surface area contributed by atoms with E-state index in [9.17, 15) is 0 Å². The molecule has 2 N–H and O–H groups in total. The molecule has 1 saturated heterocycles. The average Bonchev–Trinajstić information content (AvgIpc) is 2.89. The molecule has 1 fully saturated rings. The van der Waals surface area contributed by atoms with E-state index < -0.39 is 0 Å². The van der Waals surface area contributed by atoms with Crippen molar-refractivity contribution in [3.63, 3.8) is 0 Å². The second-order valence-electron chi connectivity index (χ2n) is 5.71. The van der Waals surface area contributed by atoms with Crippen LogP contribution in [-0.2, 0) is 0 Å². The zero-order valence-electron chi connectivity index (χ0n) is 11.7. The van der Waals surface area contributed by atoms with Crippen LogP contribution in [0.2, 0.25) is 0 Å². The molecule has 2 nitrogen and oxygen atoms in total. The Morgan fingerprint density at radius 3 is 2.47 bits per heavy atom. The first-order valence-corrected chi connectivity index (χ1v) is 6.65. The summed E-state index contributed by atoms with van der Waals surface area (Å²) in [5.74, 6) is 0. The van der Waals surface area contributed by atoms with Crippen LogP contribution in [0, 0.1) is 0 Å². The highest BCUT2D eigenvalue weighted by atomic mass is 16.3. The van der Waals surface area contributed by atoms with Crippen molar-refractivity contribution in [1.29, 1.82) is 0 Å². The van der Waals surface area contributed by atoms with E-state index in [0.717, 1.165) is 19.3 Å². The monoisotopic (exact) mass is 237 g/mol. The van der Waals surface area contributed by atoms with Crippen LogP contribution in [0.3, 0.4) is 0 Å². The van der Waals surface area contributed by atoms with E-state index in [0.29, 0.717) is 6.04 Å². The molecule has 2 heteroatoms. The van der Waals surface area contributed by atoms with Gasteiger partial charge in [-0.3, -0.25) is 0 Å². The van der Waals surface area contributed by atoms with Gasteiger partial charge >= 0.3 is 0 Å². The number of allylic oxidation sites excluding steroid dienone is 4. The summed E-state index contributed by atoms with van der Waals surface area (Å²) >= 11 is 0. The number of nitrogens with one attached hydrogen (secondary N) is 1. The van der Waals surface area contributed by atoms with Crippen molar-refractivity contribution >= 4 is 0 Å². The second kappa shape index (κ2) is 6.36. The van der Waals surface area contributed by atoms with Gasteiger partial charge in [0, 0.05) is 11.6 Å². The Hall–Kier alpha value is -0.600. The van der Waals surface area contributed by atoms with Crippen molar-refractivity contribution in [3.05, 3.63) is 23.3 Å². The van der Waals surface area contributed by atoms with Gasteiger partial charge in [-0.15, -0.1) is 0 Å². The Labute approximate surface area is 106 Å². The summed E-state index contributed by atoms with van der Waals surface area (Å²) in [6.07, 6.45) is 9.19.